The first kappa shape index (κ1) is 13.8. The summed E-state index contributed by atoms with van der Waals surface area (Å²) < 4.78 is 0. The number of hydrogen-bond donors (Lipinski definition) is 3. The molecule has 0 saturated carbocycles. The van der Waals surface area contributed by atoms with Gasteiger partial charge in [-0.25, -0.2) is 0 Å². The molecule has 0 aromatic heterocycles. The molecule has 0 bridgehead atoms. The third-order valence-corrected chi connectivity index (χ3v) is 3.76. The first-order valence-electron chi connectivity index (χ1n) is 5.93. The monoisotopic (exact) mass is 246 g/mol. The van der Waals surface area contributed by atoms with Gasteiger partial charge < -0.3 is 15.7 Å². The van der Waals surface area contributed by atoms with E-state index in [1.165, 1.54) is 0 Å². The van der Waals surface area contributed by atoms with Crippen LogP contribution < -0.4 is 10.6 Å². The minimum Gasteiger partial charge on any atom is -0.396 e. The zero-order valence-electron chi connectivity index (χ0n) is 9.87. The number of thioether (sulfide) groups is 1. The minimum absolute atomic E-state index is 0.116. The Labute approximate surface area is 102 Å². The largest absolute Gasteiger partial charge is 0.396 e. The van der Waals surface area contributed by atoms with Crippen LogP contribution in [0, 0.1) is 0 Å². The summed E-state index contributed by atoms with van der Waals surface area (Å²) in [7, 11) is 0. The van der Waals surface area contributed by atoms with E-state index in [1.807, 2.05) is 18.7 Å². The smallest absolute Gasteiger partial charge is 0.221 e. The molecule has 2 atom stereocenters. The summed E-state index contributed by atoms with van der Waals surface area (Å²) in [6, 6.07) is 0.486. The maximum atomic E-state index is 11.7. The van der Waals surface area contributed by atoms with Crippen molar-refractivity contribution in [3.8, 4) is 0 Å². The highest BCUT2D eigenvalue weighted by Crippen LogP contribution is 2.10. The van der Waals surface area contributed by atoms with E-state index in [-0.39, 0.29) is 18.6 Å². The average molecular weight is 246 g/mol. The van der Waals surface area contributed by atoms with Gasteiger partial charge in [-0.05, 0) is 19.8 Å². The molecule has 0 aromatic carbocycles. The highest BCUT2D eigenvalue weighted by atomic mass is 32.2. The van der Waals surface area contributed by atoms with Gasteiger partial charge in [0.2, 0.25) is 5.91 Å². The Morgan fingerprint density at radius 1 is 1.69 bits per heavy atom. The van der Waals surface area contributed by atoms with Crippen LogP contribution >= 0.6 is 11.8 Å². The van der Waals surface area contributed by atoms with Crippen LogP contribution in [-0.4, -0.2) is 47.8 Å². The van der Waals surface area contributed by atoms with Crippen LogP contribution in [0.4, 0.5) is 0 Å². The Morgan fingerprint density at radius 2 is 2.50 bits per heavy atom. The Hall–Kier alpha value is -0.260. The van der Waals surface area contributed by atoms with Crippen molar-refractivity contribution >= 4 is 17.7 Å². The van der Waals surface area contributed by atoms with Crippen molar-refractivity contribution in [3.05, 3.63) is 0 Å². The topological polar surface area (TPSA) is 61.4 Å². The number of amides is 1. The molecule has 3 N–H and O–H groups in total. The van der Waals surface area contributed by atoms with E-state index >= 15 is 0 Å². The lowest BCUT2D eigenvalue weighted by Gasteiger charge is -2.23. The lowest BCUT2D eigenvalue weighted by Crippen LogP contribution is -2.43. The first-order valence-corrected chi connectivity index (χ1v) is 7.09. The second kappa shape index (κ2) is 7.92. The molecule has 0 aromatic rings. The summed E-state index contributed by atoms with van der Waals surface area (Å²) in [6.07, 6.45) is 2.16. The van der Waals surface area contributed by atoms with Crippen LogP contribution in [0.15, 0.2) is 0 Å². The molecule has 2 unspecified atom stereocenters. The number of aliphatic hydroxyl groups excluding tert-OH is 1. The predicted octanol–water partition coefficient (Wildman–Crippen LogP) is 0.359. The van der Waals surface area contributed by atoms with E-state index in [9.17, 15) is 4.79 Å². The highest BCUT2D eigenvalue weighted by molar-refractivity contribution is 7.99. The standard InChI is InChI=1S/C11H22N2O2S/c1-9(3-2-5-14)13-11(15)7-10-8-16-6-4-12-10/h9-10,12,14H,2-8H2,1H3,(H,13,15). The van der Waals surface area contributed by atoms with Crippen LogP contribution in [0.5, 0.6) is 0 Å². The van der Waals surface area contributed by atoms with Gasteiger partial charge in [-0.2, -0.15) is 11.8 Å². The molecule has 1 fully saturated rings. The molecule has 1 heterocycles. The Bertz CT molecular complexity index is 208. The summed E-state index contributed by atoms with van der Waals surface area (Å²) >= 11 is 1.90. The molecule has 1 amide bonds. The molecular formula is C11H22N2O2S. The zero-order chi connectivity index (χ0) is 11.8. The molecule has 16 heavy (non-hydrogen) atoms. The summed E-state index contributed by atoms with van der Waals surface area (Å²) in [5, 5.41) is 15.0. The molecule has 0 spiro atoms. The van der Waals surface area contributed by atoms with Crippen LogP contribution in [0.1, 0.15) is 26.2 Å². The summed E-state index contributed by atoms with van der Waals surface area (Å²) in [4.78, 5) is 11.7. The van der Waals surface area contributed by atoms with Crippen LogP contribution in [0.25, 0.3) is 0 Å². The van der Waals surface area contributed by atoms with E-state index in [2.05, 4.69) is 10.6 Å². The van der Waals surface area contributed by atoms with Gasteiger partial charge in [-0.1, -0.05) is 0 Å². The first-order chi connectivity index (χ1) is 7.72. The van der Waals surface area contributed by atoms with Gasteiger partial charge in [0.25, 0.3) is 0 Å². The quantitative estimate of drug-likeness (QED) is 0.633. The van der Waals surface area contributed by atoms with Gasteiger partial charge in [-0.15, -0.1) is 0 Å². The van der Waals surface area contributed by atoms with Gasteiger partial charge in [-0.3, -0.25) is 4.79 Å². The van der Waals surface area contributed by atoms with E-state index in [0.717, 1.165) is 30.9 Å². The molecule has 1 saturated heterocycles. The maximum absolute atomic E-state index is 11.7. The molecule has 0 radical (unpaired) electrons. The minimum atomic E-state index is 0.116. The lowest BCUT2D eigenvalue weighted by atomic mass is 10.1. The fourth-order valence-electron chi connectivity index (χ4n) is 1.78. The van der Waals surface area contributed by atoms with Crippen LogP contribution in [-0.2, 0) is 4.79 Å². The Balaban J connectivity index is 2.13. The fraction of sp³-hybridized carbons (Fsp3) is 0.909. The van der Waals surface area contributed by atoms with E-state index in [0.29, 0.717) is 12.5 Å². The highest BCUT2D eigenvalue weighted by Gasteiger charge is 2.17. The van der Waals surface area contributed by atoms with E-state index in [1.54, 1.807) is 0 Å². The van der Waals surface area contributed by atoms with Gasteiger partial charge in [0.15, 0.2) is 0 Å². The third-order valence-electron chi connectivity index (χ3n) is 2.63. The lowest BCUT2D eigenvalue weighted by molar-refractivity contribution is -0.122. The fourth-order valence-corrected chi connectivity index (χ4v) is 2.73. The Morgan fingerprint density at radius 3 is 3.12 bits per heavy atom. The molecule has 1 aliphatic heterocycles. The number of aliphatic hydroxyl groups is 1. The second-order valence-electron chi connectivity index (χ2n) is 4.26. The number of carbonyl (C=O) groups is 1. The summed E-state index contributed by atoms with van der Waals surface area (Å²) in [5.74, 6) is 2.29. The maximum Gasteiger partial charge on any atom is 0.221 e. The molecule has 4 nitrogen and oxygen atoms in total. The third kappa shape index (κ3) is 5.72. The van der Waals surface area contributed by atoms with E-state index < -0.39 is 0 Å². The number of nitrogens with one attached hydrogen (secondary N) is 2. The number of hydrogen-bond acceptors (Lipinski definition) is 4. The SMILES string of the molecule is CC(CCCO)NC(=O)CC1CSCCN1. The summed E-state index contributed by atoms with van der Waals surface area (Å²) in [6.45, 7) is 3.18. The van der Waals surface area contributed by atoms with Crippen molar-refractivity contribution < 1.29 is 9.90 Å². The predicted molar refractivity (Wildman–Crippen MR) is 67.7 cm³/mol. The second-order valence-corrected chi connectivity index (χ2v) is 5.41. The number of carbonyl (C=O) groups excluding carboxylic acids is 1. The molecule has 1 aliphatic rings. The van der Waals surface area contributed by atoms with Gasteiger partial charge in [0, 0.05) is 43.2 Å². The van der Waals surface area contributed by atoms with Crippen molar-refractivity contribution in [1.29, 1.82) is 0 Å². The Kier molecular flexibility index (Phi) is 6.84. The molecule has 5 heteroatoms. The van der Waals surface area contributed by atoms with Gasteiger partial charge in [0.05, 0.1) is 0 Å². The summed E-state index contributed by atoms with van der Waals surface area (Å²) in [5.41, 5.74) is 0. The average Bonchev–Trinajstić information content (AvgIpc) is 2.27. The van der Waals surface area contributed by atoms with Crippen LogP contribution in [0.3, 0.4) is 0 Å². The van der Waals surface area contributed by atoms with Crippen molar-refractivity contribution in [2.75, 3.05) is 24.7 Å². The molecular weight excluding hydrogens is 224 g/mol. The van der Waals surface area contributed by atoms with Crippen molar-refractivity contribution in [1.82, 2.24) is 10.6 Å². The van der Waals surface area contributed by atoms with Crippen LogP contribution in [0.2, 0.25) is 0 Å². The van der Waals surface area contributed by atoms with Crippen molar-refractivity contribution in [2.45, 2.75) is 38.3 Å². The van der Waals surface area contributed by atoms with Crippen molar-refractivity contribution in [3.63, 3.8) is 0 Å². The zero-order valence-corrected chi connectivity index (χ0v) is 10.7. The molecule has 1 rings (SSSR count). The molecule has 94 valence electrons. The van der Waals surface area contributed by atoms with Gasteiger partial charge >= 0.3 is 0 Å². The van der Waals surface area contributed by atoms with Gasteiger partial charge in [0.1, 0.15) is 0 Å². The molecule has 0 aliphatic carbocycles. The normalized spacial score (nSPS) is 22.8. The van der Waals surface area contributed by atoms with Crippen molar-refractivity contribution in [2.24, 2.45) is 0 Å². The van der Waals surface area contributed by atoms with E-state index in [4.69, 9.17) is 5.11 Å². The number of rotatable bonds is 6.